The number of carbonyl (C=O) groups is 1. The smallest absolute Gasteiger partial charge is 0.803 e. The van der Waals surface area contributed by atoms with Crippen LogP contribution in [0.25, 0.3) is 0 Å². The first kappa shape index (κ1) is 19.9. The van der Waals surface area contributed by atoms with E-state index in [9.17, 15) is 19.1 Å². The molecule has 0 saturated carbocycles. The second-order valence-electron chi connectivity index (χ2n) is 1.94. The second kappa shape index (κ2) is 8.66. The van der Waals surface area contributed by atoms with E-state index in [2.05, 4.69) is 4.74 Å². The normalized spacial score (nSPS) is 11.3. The molecule has 0 rings (SSSR count). The molecule has 0 amide bonds. The largest absolute Gasteiger partial charge is 1.00 e. The first-order valence-electron chi connectivity index (χ1n) is 3.11. The molecule has 0 aliphatic heterocycles. The molecule has 0 fully saturated rings. The SMILES string of the molecule is C#CC(CC)OC(=O)P(=O)([O-])[O-].[Li+].[Li+]. The molecule has 8 heteroatoms. The Morgan fingerprint density at radius 2 is 2.00 bits per heavy atom. The van der Waals surface area contributed by atoms with Crippen LogP contribution in [0.4, 0.5) is 4.79 Å². The molecule has 0 bridgehead atoms. The molecule has 0 saturated heterocycles. The quantitative estimate of drug-likeness (QED) is 0.259. The van der Waals surface area contributed by atoms with Gasteiger partial charge in [-0.05, 0) is 6.42 Å². The molecule has 0 aromatic carbocycles. The van der Waals surface area contributed by atoms with Crippen LogP contribution in [0.5, 0.6) is 0 Å². The van der Waals surface area contributed by atoms with Crippen molar-refractivity contribution in [2.75, 3.05) is 0 Å². The Kier molecular flexibility index (Phi) is 12.3. The minimum absolute atomic E-state index is 0. The fourth-order valence-corrected chi connectivity index (χ4v) is 0.678. The number of ether oxygens (including phenoxy) is 1. The van der Waals surface area contributed by atoms with Crippen molar-refractivity contribution >= 4 is 13.3 Å². The van der Waals surface area contributed by atoms with E-state index >= 15 is 0 Å². The number of carbonyl (C=O) groups excluding carboxylic acids is 1. The van der Waals surface area contributed by atoms with Gasteiger partial charge in [-0.1, -0.05) is 12.8 Å². The summed E-state index contributed by atoms with van der Waals surface area (Å²) in [6.45, 7) is 1.60. The van der Waals surface area contributed by atoms with Gasteiger partial charge in [-0.2, -0.15) is 0 Å². The molecule has 0 radical (unpaired) electrons. The van der Waals surface area contributed by atoms with Crippen molar-refractivity contribution in [2.24, 2.45) is 0 Å². The molecule has 14 heavy (non-hydrogen) atoms. The minimum Gasteiger partial charge on any atom is -0.803 e. The second-order valence-corrected chi connectivity index (χ2v) is 3.30. The van der Waals surface area contributed by atoms with Gasteiger partial charge >= 0.3 is 43.4 Å². The third-order valence-electron chi connectivity index (χ3n) is 1.02. The molecule has 1 unspecified atom stereocenters. The summed E-state index contributed by atoms with van der Waals surface area (Å²) in [6, 6.07) is 0. The molecule has 68 valence electrons. The fourth-order valence-electron chi connectivity index (χ4n) is 0.421. The van der Waals surface area contributed by atoms with Crippen molar-refractivity contribution in [1.82, 2.24) is 0 Å². The molecule has 0 aromatic rings. The molecule has 5 nitrogen and oxygen atoms in total. The fraction of sp³-hybridized carbons (Fsp3) is 0.500. The molecule has 0 heterocycles. The first-order chi connectivity index (χ1) is 5.41. The van der Waals surface area contributed by atoms with Crippen LogP contribution in [0.2, 0.25) is 0 Å². The molecular formula is C6H7Li2O5P. The average Bonchev–Trinajstić information content (AvgIpc) is 1.97. The van der Waals surface area contributed by atoms with Crippen LogP contribution in [0.1, 0.15) is 13.3 Å². The van der Waals surface area contributed by atoms with Gasteiger partial charge in [0.15, 0.2) is 6.10 Å². The standard InChI is InChI=1S/C6H9O5P.2Li/c1-3-5(4-2)11-6(7)12(8,9)10;;/h1,5H,4H2,2H3,(H2,8,9,10);;/q;2*+1/p-2. The van der Waals surface area contributed by atoms with Crippen molar-refractivity contribution in [3.05, 3.63) is 0 Å². The zero-order chi connectivity index (χ0) is 9.78. The van der Waals surface area contributed by atoms with Crippen LogP contribution in [-0.2, 0) is 9.30 Å². The Balaban J connectivity index is -0.000000605. The van der Waals surface area contributed by atoms with Gasteiger partial charge in [0, 0.05) is 7.60 Å². The predicted octanol–water partition coefficient (Wildman–Crippen LogP) is -6.54. The Morgan fingerprint density at radius 3 is 2.21 bits per heavy atom. The maximum Gasteiger partial charge on any atom is 1.00 e. The maximum atomic E-state index is 10.4. The van der Waals surface area contributed by atoms with Crippen LogP contribution in [0.3, 0.4) is 0 Å². The van der Waals surface area contributed by atoms with Gasteiger partial charge < -0.3 is 19.1 Å². The maximum absolute atomic E-state index is 10.4. The molecule has 0 aliphatic rings. The van der Waals surface area contributed by atoms with E-state index in [1.54, 1.807) is 6.92 Å². The zero-order valence-corrected chi connectivity index (χ0v) is 9.24. The summed E-state index contributed by atoms with van der Waals surface area (Å²) in [5.74, 6) is 2.01. The molecular weight excluding hydrogens is 197 g/mol. The number of terminal acetylenes is 1. The van der Waals surface area contributed by atoms with Gasteiger partial charge in [0.2, 0.25) is 0 Å². The Morgan fingerprint density at radius 1 is 1.57 bits per heavy atom. The monoisotopic (exact) mass is 204 g/mol. The first-order valence-corrected chi connectivity index (χ1v) is 4.65. The van der Waals surface area contributed by atoms with Crippen molar-refractivity contribution in [3.63, 3.8) is 0 Å². The topological polar surface area (TPSA) is 89.5 Å². The van der Waals surface area contributed by atoms with Crippen molar-refractivity contribution in [1.29, 1.82) is 0 Å². The van der Waals surface area contributed by atoms with Crippen LogP contribution in [-0.4, -0.2) is 11.8 Å². The average molecular weight is 204 g/mol. The van der Waals surface area contributed by atoms with Crippen LogP contribution >= 0.6 is 7.60 Å². The molecule has 0 aliphatic carbocycles. The molecule has 0 spiro atoms. The zero-order valence-electron chi connectivity index (χ0n) is 8.35. The van der Waals surface area contributed by atoms with Gasteiger partial charge in [-0.3, -0.25) is 0 Å². The molecule has 0 N–H and O–H groups in total. The minimum atomic E-state index is -5.29. The van der Waals surface area contributed by atoms with E-state index in [1.165, 1.54) is 0 Å². The Labute approximate surface area is 106 Å². The summed E-state index contributed by atoms with van der Waals surface area (Å²) in [7, 11) is -5.29. The summed E-state index contributed by atoms with van der Waals surface area (Å²) in [4.78, 5) is 30.4. The summed E-state index contributed by atoms with van der Waals surface area (Å²) >= 11 is 0. The van der Waals surface area contributed by atoms with E-state index in [1.807, 2.05) is 5.92 Å². The van der Waals surface area contributed by atoms with E-state index < -0.39 is 19.4 Å². The van der Waals surface area contributed by atoms with E-state index in [0.717, 1.165) is 0 Å². The van der Waals surface area contributed by atoms with Gasteiger partial charge in [0.05, 0.1) is 0 Å². The van der Waals surface area contributed by atoms with Crippen molar-refractivity contribution in [2.45, 2.75) is 19.4 Å². The van der Waals surface area contributed by atoms with Gasteiger partial charge in [0.25, 0.3) is 0 Å². The number of hydrogen-bond donors (Lipinski definition) is 0. The summed E-state index contributed by atoms with van der Waals surface area (Å²) in [6.07, 6.45) is 4.17. The van der Waals surface area contributed by atoms with Crippen LogP contribution in [0, 0.1) is 12.3 Å². The molecule has 1 atom stereocenters. The summed E-state index contributed by atoms with van der Waals surface area (Å²) in [5.41, 5.74) is -1.80. The van der Waals surface area contributed by atoms with E-state index in [-0.39, 0.29) is 44.1 Å². The van der Waals surface area contributed by atoms with Gasteiger partial charge in [-0.15, -0.1) is 6.42 Å². The Bertz CT molecular complexity index is 255. The Hall–Kier alpha value is 0.375. The summed E-state index contributed by atoms with van der Waals surface area (Å²) < 4.78 is 14.2. The van der Waals surface area contributed by atoms with E-state index in [0.29, 0.717) is 0 Å². The van der Waals surface area contributed by atoms with Crippen LogP contribution in [0.15, 0.2) is 0 Å². The molecule has 0 aromatic heterocycles. The van der Waals surface area contributed by atoms with Gasteiger partial charge in [-0.25, -0.2) is 4.79 Å². The third-order valence-corrected chi connectivity index (χ3v) is 1.58. The van der Waals surface area contributed by atoms with Crippen LogP contribution < -0.4 is 47.5 Å². The summed E-state index contributed by atoms with van der Waals surface area (Å²) in [5, 5.41) is 0. The van der Waals surface area contributed by atoms with Gasteiger partial charge in [0.1, 0.15) is 0 Å². The third kappa shape index (κ3) is 7.75. The predicted molar refractivity (Wildman–Crippen MR) is 37.0 cm³/mol. The number of hydrogen-bond acceptors (Lipinski definition) is 5. The van der Waals surface area contributed by atoms with E-state index in [4.69, 9.17) is 6.42 Å². The van der Waals surface area contributed by atoms with Crippen molar-refractivity contribution < 1.29 is 61.6 Å². The number of rotatable bonds is 3. The van der Waals surface area contributed by atoms with Crippen molar-refractivity contribution in [3.8, 4) is 12.3 Å².